The molecule has 2 amide bonds. The Morgan fingerprint density at radius 2 is 1.71 bits per heavy atom. The molecule has 2 heterocycles. The van der Waals surface area contributed by atoms with Crippen molar-refractivity contribution in [1.82, 2.24) is 5.32 Å². The number of carboxylic acid groups (broad SMARTS) is 1. The van der Waals surface area contributed by atoms with Gasteiger partial charge in [-0.25, -0.2) is 4.79 Å². The molecule has 2 aromatic carbocycles. The van der Waals surface area contributed by atoms with Crippen molar-refractivity contribution in [1.29, 1.82) is 0 Å². The van der Waals surface area contributed by atoms with Crippen LogP contribution in [0.3, 0.4) is 0 Å². The van der Waals surface area contributed by atoms with Gasteiger partial charge in [-0.15, -0.1) is 0 Å². The summed E-state index contributed by atoms with van der Waals surface area (Å²) >= 11 is 5.17. The third kappa shape index (κ3) is 4.34. The third-order valence-electron chi connectivity index (χ3n) is 5.38. The molecule has 0 radical (unpaired) electrons. The average molecular weight is 436 g/mol. The van der Waals surface area contributed by atoms with E-state index in [2.05, 4.69) is 10.2 Å². The Labute approximate surface area is 185 Å². The summed E-state index contributed by atoms with van der Waals surface area (Å²) in [6, 6.07) is 13.6. The predicted molar refractivity (Wildman–Crippen MR) is 122 cm³/mol. The van der Waals surface area contributed by atoms with Crippen molar-refractivity contribution in [3.05, 3.63) is 65.2 Å². The highest BCUT2D eigenvalue weighted by Gasteiger charge is 2.34. The molecule has 2 N–H and O–H groups in total. The zero-order valence-corrected chi connectivity index (χ0v) is 17.5. The van der Waals surface area contributed by atoms with Crippen LogP contribution in [0.4, 0.5) is 11.4 Å². The van der Waals surface area contributed by atoms with Crippen LogP contribution in [0.25, 0.3) is 6.08 Å². The fourth-order valence-electron chi connectivity index (χ4n) is 3.77. The second-order valence-corrected chi connectivity index (χ2v) is 7.84. The van der Waals surface area contributed by atoms with E-state index in [0.29, 0.717) is 5.56 Å². The minimum atomic E-state index is -1.12. The maximum absolute atomic E-state index is 13.1. The molecule has 7 nitrogen and oxygen atoms in total. The lowest BCUT2D eigenvalue weighted by atomic mass is 10.1. The minimum absolute atomic E-state index is 0.0174. The number of thiocarbonyl (C=S) groups is 1. The van der Waals surface area contributed by atoms with E-state index < -0.39 is 17.8 Å². The summed E-state index contributed by atoms with van der Waals surface area (Å²) in [6.07, 6.45) is 5.14. The molecule has 4 rings (SSSR count). The van der Waals surface area contributed by atoms with Gasteiger partial charge in [0.1, 0.15) is 5.57 Å². The highest BCUT2D eigenvalue weighted by molar-refractivity contribution is 7.80. The lowest BCUT2D eigenvalue weighted by molar-refractivity contribution is -0.122. The largest absolute Gasteiger partial charge is 0.478 e. The SMILES string of the molecule is O=C1NC(=S)N(c2cccc(C(=O)O)c2)C(=O)C1=Cc1ccc(N2CCCCC2)cc1. The lowest BCUT2D eigenvalue weighted by Crippen LogP contribution is -2.54. The van der Waals surface area contributed by atoms with Crippen molar-refractivity contribution in [2.45, 2.75) is 19.3 Å². The molecule has 158 valence electrons. The topological polar surface area (TPSA) is 90.0 Å². The van der Waals surface area contributed by atoms with Crippen molar-refractivity contribution in [2.75, 3.05) is 22.9 Å². The summed E-state index contributed by atoms with van der Waals surface area (Å²) < 4.78 is 0. The van der Waals surface area contributed by atoms with Crippen LogP contribution in [0, 0.1) is 0 Å². The Balaban J connectivity index is 1.61. The summed E-state index contributed by atoms with van der Waals surface area (Å²) in [5.74, 6) is -2.30. The van der Waals surface area contributed by atoms with Crippen LogP contribution in [0.5, 0.6) is 0 Å². The van der Waals surface area contributed by atoms with Crippen molar-refractivity contribution in [3.8, 4) is 0 Å². The van der Waals surface area contributed by atoms with Crippen LogP contribution in [0.1, 0.15) is 35.2 Å². The van der Waals surface area contributed by atoms with Crippen molar-refractivity contribution in [3.63, 3.8) is 0 Å². The van der Waals surface area contributed by atoms with Gasteiger partial charge in [-0.05, 0) is 73.5 Å². The number of carbonyl (C=O) groups excluding carboxylic acids is 2. The molecule has 8 heteroatoms. The van der Waals surface area contributed by atoms with Crippen LogP contribution < -0.4 is 15.1 Å². The Hall–Kier alpha value is -3.52. The number of benzene rings is 2. The highest BCUT2D eigenvalue weighted by Crippen LogP contribution is 2.25. The molecule has 0 unspecified atom stereocenters. The molecule has 0 bridgehead atoms. The molecule has 0 saturated carbocycles. The van der Waals surface area contributed by atoms with Crippen molar-refractivity contribution < 1.29 is 19.5 Å². The van der Waals surface area contributed by atoms with Gasteiger partial charge >= 0.3 is 5.97 Å². The Bertz CT molecular complexity index is 1090. The van der Waals surface area contributed by atoms with Gasteiger partial charge in [0.2, 0.25) is 0 Å². The fraction of sp³-hybridized carbons (Fsp3) is 0.217. The van der Waals surface area contributed by atoms with E-state index in [0.717, 1.165) is 23.7 Å². The first-order chi connectivity index (χ1) is 14.9. The lowest BCUT2D eigenvalue weighted by Gasteiger charge is -2.29. The molecule has 0 atom stereocenters. The number of amides is 2. The second-order valence-electron chi connectivity index (χ2n) is 7.45. The molecule has 2 aliphatic heterocycles. The highest BCUT2D eigenvalue weighted by atomic mass is 32.1. The summed E-state index contributed by atoms with van der Waals surface area (Å²) in [7, 11) is 0. The van der Waals surface area contributed by atoms with E-state index >= 15 is 0 Å². The van der Waals surface area contributed by atoms with Crippen LogP contribution in [0.2, 0.25) is 0 Å². The standard InChI is InChI=1S/C23H21N3O4S/c27-20-19(13-15-7-9-17(10-8-15)25-11-2-1-3-12-25)21(28)26(23(31)24-20)18-6-4-5-16(14-18)22(29)30/h4-10,13-14H,1-3,11-12H2,(H,29,30)(H,24,27,31). The van der Waals surface area contributed by atoms with Crippen LogP contribution >= 0.6 is 12.2 Å². The van der Waals surface area contributed by atoms with Crippen LogP contribution in [0.15, 0.2) is 54.1 Å². The van der Waals surface area contributed by atoms with E-state index in [9.17, 15) is 19.5 Å². The van der Waals surface area contributed by atoms with Gasteiger partial charge in [0.25, 0.3) is 11.8 Å². The zero-order valence-electron chi connectivity index (χ0n) is 16.7. The monoisotopic (exact) mass is 435 g/mol. The number of hydrogen-bond acceptors (Lipinski definition) is 5. The van der Waals surface area contributed by atoms with E-state index in [1.54, 1.807) is 6.07 Å². The number of aromatic carboxylic acids is 1. The summed E-state index contributed by atoms with van der Waals surface area (Å²) in [5, 5.41) is 11.7. The molecule has 2 aromatic rings. The number of nitrogens with one attached hydrogen (secondary N) is 1. The van der Waals surface area contributed by atoms with Gasteiger partial charge in [-0.3, -0.25) is 19.8 Å². The Kier molecular flexibility index (Phi) is 5.81. The fourth-order valence-corrected chi connectivity index (χ4v) is 4.05. The van der Waals surface area contributed by atoms with Gasteiger partial charge in [-0.1, -0.05) is 18.2 Å². The van der Waals surface area contributed by atoms with Crippen LogP contribution in [-0.4, -0.2) is 41.1 Å². The normalized spacial score (nSPS) is 18.3. The molecule has 2 fully saturated rings. The quantitative estimate of drug-likeness (QED) is 0.436. The average Bonchev–Trinajstić information content (AvgIpc) is 2.78. The van der Waals surface area contributed by atoms with Gasteiger partial charge in [0.05, 0.1) is 11.3 Å². The molecule has 0 aliphatic carbocycles. The van der Waals surface area contributed by atoms with Crippen LogP contribution in [-0.2, 0) is 9.59 Å². The number of hydrogen-bond donors (Lipinski definition) is 2. The smallest absolute Gasteiger partial charge is 0.335 e. The zero-order chi connectivity index (χ0) is 22.0. The molecule has 2 aliphatic rings. The van der Waals surface area contributed by atoms with Gasteiger partial charge < -0.3 is 10.0 Å². The first-order valence-corrected chi connectivity index (χ1v) is 10.4. The number of carboxylic acids is 1. The maximum Gasteiger partial charge on any atom is 0.335 e. The summed E-state index contributed by atoms with van der Waals surface area (Å²) in [4.78, 5) is 40.3. The van der Waals surface area contributed by atoms with Crippen molar-refractivity contribution in [2.24, 2.45) is 0 Å². The van der Waals surface area contributed by atoms with Crippen molar-refractivity contribution >= 4 is 52.6 Å². The number of anilines is 2. The summed E-state index contributed by atoms with van der Waals surface area (Å²) in [6.45, 7) is 2.06. The Morgan fingerprint density at radius 1 is 1.00 bits per heavy atom. The number of piperidine rings is 1. The number of carbonyl (C=O) groups is 3. The molecular formula is C23H21N3O4S. The van der Waals surface area contributed by atoms with E-state index in [-0.39, 0.29) is 21.9 Å². The van der Waals surface area contributed by atoms with E-state index in [1.807, 2.05) is 24.3 Å². The Morgan fingerprint density at radius 3 is 2.39 bits per heavy atom. The van der Waals surface area contributed by atoms with Gasteiger partial charge in [0, 0.05) is 18.8 Å². The van der Waals surface area contributed by atoms with E-state index in [1.165, 1.54) is 43.5 Å². The number of rotatable bonds is 4. The first kappa shape index (κ1) is 20.7. The molecule has 0 aromatic heterocycles. The molecule has 31 heavy (non-hydrogen) atoms. The maximum atomic E-state index is 13.1. The first-order valence-electron chi connectivity index (χ1n) is 10.0. The van der Waals surface area contributed by atoms with Gasteiger partial charge in [0.15, 0.2) is 5.11 Å². The third-order valence-corrected chi connectivity index (χ3v) is 5.66. The van der Waals surface area contributed by atoms with E-state index in [4.69, 9.17) is 12.2 Å². The molecular weight excluding hydrogens is 414 g/mol. The second kappa shape index (κ2) is 8.69. The summed E-state index contributed by atoms with van der Waals surface area (Å²) in [5.41, 5.74) is 2.06. The predicted octanol–water partition coefficient (Wildman–Crippen LogP) is 3.21. The molecule has 2 saturated heterocycles. The minimum Gasteiger partial charge on any atom is -0.478 e. The molecule has 0 spiro atoms. The van der Waals surface area contributed by atoms with Gasteiger partial charge in [-0.2, -0.15) is 0 Å². The number of nitrogens with zero attached hydrogens (tertiary/aromatic N) is 2.